The molecule has 1 aromatic carbocycles. The summed E-state index contributed by atoms with van der Waals surface area (Å²) in [7, 11) is 1.76. The summed E-state index contributed by atoms with van der Waals surface area (Å²) in [6.45, 7) is 0.584. The Hall–Kier alpha value is -1.43. The van der Waals surface area contributed by atoms with Crippen molar-refractivity contribution in [3.05, 3.63) is 29.8 Å². The molecule has 18 heavy (non-hydrogen) atoms. The number of hydrogen-bond donors (Lipinski definition) is 4. The number of carbonyl (C=O) groups is 1. The van der Waals surface area contributed by atoms with E-state index < -0.39 is 0 Å². The molecule has 0 aromatic heterocycles. The minimum Gasteiger partial charge on any atom is -0.392 e. The molecule has 0 fully saturated rings. The second-order valence-corrected chi connectivity index (χ2v) is 4.12. The van der Waals surface area contributed by atoms with Crippen molar-refractivity contribution in [3.8, 4) is 0 Å². The maximum absolute atomic E-state index is 11.9. The molecule has 0 saturated heterocycles. The molecule has 0 spiro atoms. The van der Waals surface area contributed by atoms with Gasteiger partial charge in [0.2, 0.25) is 5.91 Å². The third kappa shape index (κ3) is 4.44. The summed E-state index contributed by atoms with van der Waals surface area (Å²) < 4.78 is 0. The summed E-state index contributed by atoms with van der Waals surface area (Å²) in [5.41, 5.74) is 6.98. The van der Waals surface area contributed by atoms with Gasteiger partial charge in [-0.25, -0.2) is 0 Å². The highest BCUT2D eigenvalue weighted by Crippen LogP contribution is 2.10. The van der Waals surface area contributed by atoms with Crippen LogP contribution >= 0.6 is 0 Å². The number of carbonyl (C=O) groups excluding carboxylic acids is 1. The molecule has 0 heterocycles. The van der Waals surface area contributed by atoms with Crippen molar-refractivity contribution in [2.45, 2.75) is 25.5 Å². The standard InChI is InChI=1S/C13H21N3O2/c1-15-12(3-2-8-14)13(18)16-11-6-4-10(9-17)5-7-11/h4-7,12,15,17H,2-3,8-9,14H2,1H3,(H,16,18). The van der Waals surface area contributed by atoms with Crippen molar-refractivity contribution in [1.29, 1.82) is 0 Å². The minimum atomic E-state index is -0.230. The largest absolute Gasteiger partial charge is 0.392 e. The Labute approximate surface area is 107 Å². The van der Waals surface area contributed by atoms with Gasteiger partial charge in [-0.2, -0.15) is 0 Å². The van der Waals surface area contributed by atoms with Crippen LogP contribution in [-0.4, -0.2) is 30.6 Å². The van der Waals surface area contributed by atoms with Crippen LogP contribution in [-0.2, 0) is 11.4 Å². The van der Waals surface area contributed by atoms with Crippen molar-refractivity contribution in [3.63, 3.8) is 0 Å². The number of aliphatic hydroxyl groups is 1. The van der Waals surface area contributed by atoms with Gasteiger partial charge in [-0.15, -0.1) is 0 Å². The van der Waals surface area contributed by atoms with Crippen LogP contribution in [0, 0.1) is 0 Å². The summed E-state index contributed by atoms with van der Waals surface area (Å²) in [5.74, 6) is -0.0669. The summed E-state index contributed by atoms with van der Waals surface area (Å²) >= 11 is 0. The summed E-state index contributed by atoms with van der Waals surface area (Å²) in [5, 5.41) is 14.7. The first-order chi connectivity index (χ1) is 8.71. The van der Waals surface area contributed by atoms with E-state index in [-0.39, 0.29) is 18.6 Å². The van der Waals surface area contributed by atoms with E-state index in [4.69, 9.17) is 10.8 Å². The highest BCUT2D eigenvalue weighted by atomic mass is 16.3. The number of nitrogens with two attached hydrogens (primary N) is 1. The number of hydrogen-bond acceptors (Lipinski definition) is 4. The Morgan fingerprint density at radius 1 is 1.39 bits per heavy atom. The Morgan fingerprint density at radius 3 is 2.56 bits per heavy atom. The maximum atomic E-state index is 11.9. The maximum Gasteiger partial charge on any atom is 0.241 e. The predicted molar refractivity (Wildman–Crippen MR) is 72.1 cm³/mol. The predicted octanol–water partition coefficient (Wildman–Crippen LogP) is 0.444. The highest BCUT2D eigenvalue weighted by molar-refractivity contribution is 5.94. The molecule has 5 heteroatoms. The Kier molecular flexibility index (Phi) is 6.35. The van der Waals surface area contributed by atoms with E-state index in [9.17, 15) is 4.79 Å². The lowest BCUT2D eigenvalue weighted by atomic mass is 10.1. The molecule has 0 bridgehead atoms. The number of anilines is 1. The number of amides is 1. The zero-order valence-electron chi connectivity index (χ0n) is 10.6. The van der Waals surface area contributed by atoms with Crippen molar-refractivity contribution < 1.29 is 9.90 Å². The Bertz CT molecular complexity index is 365. The van der Waals surface area contributed by atoms with E-state index in [0.717, 1.165) is 17.7 Å². The van der Waals surface area contributed by atoms with E-state index in [1.165, 1.54) is 0 Å². The van der Waals surface area contributed by atoms with Crippen molar-refractivity contribution in [2.24, 2.45) is 5.73 Å². The van der Waals surface area contributed by atoms with E-state index in [0.29, 0.717) is 13.0 Å². The van der Waals surface area contributed by atoms with Crippen LogP contribution in [0.4, 0.5) is 5.69 Å². The fourth-order valence-electron chi connectivity index (χ4n) is 1.65. The zero-order chi connectivity index (χ0) is 13.4. The third-order valence-electron chi connectivity index (χ3n) is 2.77. The van der Waals surface area contributed by atoms with Gasteiger partial charge in [0, 0.05) is 5.69 Å². The number of benzene rings is 1. The number of rotatable bonds is 7. The molecule has 0 saturated carbocycles. The molecular formula is C13H21N3O2. The van der Waals surface area contributed by atoms with Crippen molar-refractivity contribution in [2.75, 3.05) is 18.9 Å². The molecule has 1 amide bonds. The van der Waals surface area contributed by atoms with E-state index in [1.54, 1.807) is 31.3 Å². The number of nitrogens with one attached hydrogen (secondary N) is 2. The van der Waals surface area contributed by atoms with Gasteiger partial charge in [0.25, 0.3) is 0 Å². The third-order valence-corrected chi connectivity index (χ3v) is 2.77. The molecule has 5 nitrogen and oxygen atoms in total. The van der Waals surface area contributed by atoms with Gasteiger partial charge in [-0.05, 0) is 44.1 Å². The summed E-state index contributed by atoms with van der Waals surface area (Å²) in [4.78, 5) is 11.9. The lowest BCUT2D eigenvalue weighted by Crippen LogP contribution is -2.38. The SMILES string of the molecule is CNC(CCCN)C(=O)Nc1ccc(CO)cc1. The molecule has 5 N–H and O–H groups in total. The molecule has 100 valence electrons. The highest BCUT2D eigenvalue weighted by Gasteiger charge is 2.15. The lowest BCUT2D eigenvalue weighted by molar-refractivity contribution is -0.118. The van der Waals surface area contributed by atoms with Gasteiger partial charge in [-0.1, -0.05) is 12.1 Å². The average molecular weight is 251 g/mol. The number of aliphatic hydroxyl groups excluding tert-OH is 1. The smallest absolute Gasteiger partial charge is 0.241 e. The van der Waals surface area contributed by atoms with Gasteiger partial charge in [0.1, 0.15) is 0 Å². The van der Waals surface area contributed by atoms with Crippen molar-refractivity contribution >= 4 is 11.6 Å². The fourth-order valence-corrected chi connectivity index (χ4v) is 1.65. The molecule has 0 aliphatic heterocycles. The van der Waals surface area contributed by atoms with Crippen LogP contribution in [0.3, 0.4) is 0 Å². The topological polar surface area (TPSA) is 87.4 Å². The molecule has 0 aliphatic rings. The van der Waals surface area contributed by atoms with Gasteiger partial charge in [-0.3, -0.25) is 4.79 Å². The molecule has 1 atom stereocenters. The monoisotopic (exact) mass is 251 g/mol. The van der Waals surface area contributed by atoms with Gasteiger partial charge in [0.05, 0.1) is 12.6 Å². The van der Waals surface area contributed by atoms with Crippen LogP contribution in [0.2, 0.25) is 0 Å². The van der Waals surface area contributed by atoms with Crippen molar-refractivity contribution in [1.82, 2.24) is 5.32 Å². The lowest BCUT2D eigenvalue weighted by Gasteiger charge is -2.15. The molecule has 0 aliphatic carbocycles. The first-order valence-electron chi connectivity index (χ1n) is 6.09. The molecule has 0 radical (unpaired) electrons. The molecular weight excluding hydrogens is 230 g/mol. The van der Waals surface area contributed by atoms with E-state index >= 15 is 0 Å². The Balaban J connectivity index is 2.55. The van der Waals surface area contributed by atoms with Crippen LogP contribution in [0.25, 0.3) is 0 Å². The second kappa shape index (κ2) is 7.81. The molecule has 1 rings (SSSR count). The number of likely N-dealkylation sites (N-methyl/N-ethyl adjacent to an activating group) is 1. The van der Waals surface area contributed by atoms with Crippen LogP contribution in [0.15, 0.2) is 24.3 Å². The van der Waals surface area contributed by atoms with E-state index in [2.05, 4.69) is 10.6 Å². The normalized spacial score (nSPS) is 12.2. The minimum absolute atomic E-state index is 0.00384. The quantitative estimate of drug-likeness (QED) is 0.566. The van der Waals surface area contributed by atoms with Crippen LogP contribution in [0.5, 0.6) is 0 Å². The first-order valence-corrected chi connectivity index (χ1v) is 6.09. The van der Waals surface area contributed by atoms with Crippen LogP contribution < -0.4 is 16.4 Å². The van der Waals surface area contributed by atoms with Gasteiger partial charge < -0.3 is 21.5 Å². The molecule has 1 unspecified atom stereocenters. The van der Waals surface area contributed by atoms with Crippen LogP contribution in [0.1, 0.15) is 18.4 Å². The van der Waals surface area contributed by atoms with Gasteiger partial charge >= 0.3 is 0 Å². The Morgan fingerprint density at radius 2 is 2.06 bits per heavy atom. The average Bonchev–Trinajstić information content (AvgIpc) is 2.40. The second-order valence-electron chi connectivity index (χ2n) is 4.12. The molecule has 1 aromatic rings. The fraction of sp³-hybridized carbons (Fsp3) is 0.462. The summed E-state index contributed by atoms with van der Waals surface area (Å²) in [6, 6.07) is 6.89. The summed E-state index contributed by atoms with van der Waals surface area (Å²) in [6.07, 6.45) is 1.52. The van der Waals surface area contributed by atoms with Gasteiger partial charge in [0.15, 0.2) is 0 Å². The first kappa shape index (κ1) is 14.6. The van der Waals surface area contributed by atoms with E-state index in [1.807, 2.05) is 0 Å². The zero-order valence-corrected chi connectivity index (χ0v) is 10.6.